The molecule has 2 aromatic heterocycles. The average Bonchev–Trinajstić information content (AvgIpc) is 3.00. The standard InChI is InChI=1S/C23H32F3N5O2Si/c1-22(2,3)34(4,5)33-18-8-9-19(27-16-18)29-21(32)31-12-6-11-30(13-14-31)20-10-7-17(15-28-20)23(24,25)26/h7-10,15-16H,6,11-14H2,1-5H3,(H,27,29,32). The number of urea groups is 1. The fourth-order valence-electron chi connectivity index (χ4n) is 3.24. The van der Waals surface area contributed by atoms with E-state index in [9.17, 15) is 18.0 Å². The fourth-order valence-corrected chi connectivity index (χ4v) is 4.26. The molecule has 0 spiro atoms. The summed E-state index contributed by atoms with van der Waals surface area (Å²) in [5.41, 5.74) is -0.777. The summed E-state index contributed by atoms with van der Waals surface area (Å²) in [5.74, 6) is 1.58. The Morgan fingerprint density at radius 2 is 1.74 bits per heavy atom. The molecule has 0 saturated carbocycles. The van der Waals surface area contributed by atoms with Crippen molar-refractivity contribution < 1.29 is 22.4 Å². The van der Waals surface area contributed by atoms with Crippen molar-refractivity contribution >= 4 is 26.0 Å². The lowest BCUT2D eigenvalue weighted by Crippen LogP contribution is -2.43. The van der Waals surface area contributed by atoms with Crippen LogP contribution in [-0.4, -0.2) is 55.4 Å². The number of amides is 2. The van der Waals surface area contributed by atoms with Gasteiger partial charge in [0.05, 0.1) is 11.8 Å². The summed E-state index contributed by atoms with van der Waals surface area (Å²) in [6, 6.07) is 5.66. The molecule has 0 aliphatic carbocycles. The van der Waals surface area contributed by atoms with E-state index in [1.807, 2.05) is 11.0 Å². The third-order valence-corrected chi connectivity index (χ3v) is 10.7. The highest BCUT2D eigenvalue weighted by molar-refractivity contribution is 6.74. The summed E-state index contributed by atoms with van der Waals surface area (Å²) in [4.78, 5) is 24.6. The molecule has 0 atom stereocenters. The predicted molar refractivity (Wildman–Crippen MR) is 129 cm³/mol. The Bertz CT molecular complexity index is 976. The Morgan fingerprint density at radius 1 is 1.00 bits per heavy atom. The topological polar surface area (TPSA) is 70.6 Å². The van der Waals surface area contributed by atoms with Crippen molar-refractivity contribution in [1.82, 2.24) is 14.9 Å². The smallest absolute Gasteiger partial charge is 0.417 e. The van der Waals surface area contributed by atoms with Crippen LogP contribution in [0.15, 0.2) is 36.7 Å². The molecule has 1 aliphatic heterocycles. The number of nitrogens with one attached hydrogen (secondary N) is 1. The molecule has 2 aromatic rings. The van der Waals surface area contributed by atoms with Crippen molar-refractivity contribution in [3.8, 4) is 5.75 Å². The molecule has 1 aliphatic rings. The van der Waals surface area contributed by atoms with Gasteiger partial charge in [0.2, 0.25) is 0 Å². The van der Waals surface area contributed by atoms with E-state index in [2.05, 4.69) is 49.1 Å². The summed E-state index contributed by atoms with van der Waals surface area (Å²) in [7, 11) is -1.98. The number of hydrogen-bond donors (Lipinski definition) is 1. The molecule has 7 nitrogen and oxygen atoms in total. The van der Waals surface area contributed by atoms with E-state index >= 15 is 0 Å². The zero-order chi connectivity index (χ0) is 25.1. The quantitative estimate of drug-likeness (QED) is 0.557. The number of carbonyl (C=O) groups excluding carboxylic acids is 1. The van der Waals surface area contributed by atoms with Gasteiger partial charge in [-0.15, -0.1) is 0 Å². The number of alkyl halides is 3. The van der Waals surface area contributed by atoms with Crippen LogP contribution in [-0.2, 0) is 6.18 Å². The number of hydrogen-bond acceptors (Lipinski definition) is 5. The van der Waals surface area contributed by atoms with Crippen molar-refractivity contribution in [3.05, 3.63) is 42.2 Å². The third-order valence-electron chi connectivity index (χ3n) is 6.33. The number of nitrogens with zero attached hydrogens (tertiary/aromatic N) is 4. The number of carbonyl (C=O) groups is 1. The molecular formula is C23H32F3N5O2Si. The van der Waals surface area contributed by atoms with Crippen molar-refractivity contribution in [3.63, 3.8) is 0 Å². The van der Waals surface area contributed by atoms with E-state index in [-0.39, 0.29) is 11.1 Å². The van der Waals surface area contributed by atoms with Gasteiger partial charge in [-0.05, 0) is 48.8 Å². The molecule has 3 rings (SSSR count). The molecule has 0 aromatic carbocycles. The maximum atomic E-state index is 12.8. The molecule has 3 heterocycles. The summed E-state index contributed by atoms with van der Waals surface area (Å²) >= 11 is 0. The van der Waals surface area contributed by atoms with Crippen LogP contribution < -0.4 is 14.6 Å². The molecule has 0 unspecified atom stereocenters. The van der Waals surface area contributed by atoms with E-state index in [4.69, 9.17) is 4.43 Å². The van der Waals surface area contributed by atoms with Crippen LogP contribution in [0.5, 0.6) is 5.75 Å². The largest absolute Gasteiger partial charge is 0.542 e. The van der Waals surface area contributed by atoms with E-state index in [1.54, 1.807) is 17.2 Å². The Labute approximate surface area is 199 Å². The third kappa shape index (κ3) is 6.40. The molecule has 186 valence electrons. The monoisotopic (exact) mass is 495 g/mol. The lowest BCUT2D eigenvalue weighted by atomic mass is 10.2. The van der Waals surface area contributed by atoms with Crippen LogP contribution >= 0.6 is 0 Å². The summed E-state index contributed by atoms with van der Waals surface area (Å²) in [6.45, 7) is 12.8. The highest BCUT2D eigenvalue weighted by Gasteiger charge is 2.39. The summed E-state index contributed by atoms with van der Waals surface area (Å²) in [5, 5.41) is 2.88. The van der Waals surface area contributed by atoms with Crippen LogP contribution in [0.3, 0.4) is 0 Å². The second kappa shape index (κ2) is 9.81. The van der Waals surface area contributed by atoms with Crippen LogP contribution in [0.2, 0.25) is 18.1 Å². The molecule has 1 saturated heterocycles. The number of rotatable bonds is 4. The van der Waals surface area contributed by atoms with E-state index in [0.29, 0.717) is 50.0 Å². The van der Waals surface area contributed by atoms with Gasteiger partial charge in [0.1, 0.15) is 17.4 Å². The van der Waals surface area contributed by atoms with Crippen LogP contribution in [0, 0.1) is 0 Å². The lowest BCUT2D eigenvalue weighted by Gasteiger charge is -2.36. The molecule has 34 heavy (non-hydrogen) atoms. The van der Waals surface area contributed by atoms with Crippen molar-refractivity contribution in [2.45, 2.75) is 51.5 Å². The zero-order valence-corrected chi connectivity index (χ0v) is 21.2. The lowest BCUT2D eigenvalue weighted by molar-refractivity contribution is -0.137. The number of aromatic nitrogens is 2. The molecule has 1 N–H and O–H groups in total. The first kappa shape index (κ1) is 25.8. The van der Waals surface area contributed by atoms with Gasteiger partial charge in [0, 0.05) is 32.4 Å². The molecule has 1 fully saturated rings. The summed E-state index contributed by atoms with van der Waals surface area (Å²) < 4.78 is 44.5. The van der Waals surface area contributed by atoms with Gasteiger partial charge in [-0.1, -0.05) is 20.8 Å². The molecule has 11 heteroatoms. The van der Waals surface area contributed by atoms with Crippen molar-refractivity contribution in [1.29, 1.82) is 0 Å². The first-order chi connectivity index (χ1) is 15.8. The number of pyridine rings is 2. The second-order valence-corrected chi connectivity index (χ2v) is 14.6. The minimum Gasteiger partial charge on any atom is -0.542 e. The highest BCUT2D eigenvalue weighted by atomic mass is 28.4. The fraction of sp³-hybridized carbons (Fsp3) is 0.522. The minimum atomic E-state index is -4.41. The second-order valence-electron chi connectivity index (χ2n) is 9.90. The normalized spacial score (nSPS) is 15.6. The van der Waals surface area contributed by atoms with Crippen molar-refractivity contribution in [2.24, 2.45) is 0 Å². The Hall–Kier alpha value is -2.82. The molecule has 2 amide bonds. The number of halogens is 3. The van der Waals surface area contributed by atoms with Crippen molar-refractivity contribution in [2.75, 3.05) is 36.4 Å². The highest BCUT2D eigenvalue weighted by Crippen LogP contribution is 2.37. The van der Waals surface area contributed by atoms with Gasteiger partial charge in [0.25, 0.3) is 8.32 Å². The van der Waals surface area contributed by atoms with Gasteiger partial charge < -0.3 is 14.2 Å². The Balaban J connectivity index is 1.56. The van der Waals surface area contributed by atoms with Crippen LogP contribution in [0.25, 0.3) is 0 Å². The van der Waals surface area contributed by atoms with E-state index < -0.39 is 20.1 Å². The molecule has 0 radical (unpaired) electrons. The first-order valence-electron chi connectivity index (χ1n) is 11.3. The SMILES string of the molecule is CC(C)(C)[Si](C)(C)Oc1ccc(NC(=O)N2CCCN(c3ccc(C(F)(F)F)cn3)CC2)nc1. The van der Waals surface area contributed by atoms with Gasteiger partial charge in [0.15, 0.2) is 0 Å². The first-order valence-corrected chi connectivity index (χ1v) is 14.2. The van der Waals surface area contributed by atoms with Crippen LogP contribution in [0.1, 0.15) is 32.8 Å². The predicted octanol–water partition coefficient (Wildman–Crippen LogP) is 5.62. The van der Waals surface area contributed by atoms with Crippen LogP contribution in [0.4, 0.5) is 29.6 Å². The maximum Gasteiger partial charge on any atom is 0.417 e. The van der Waals surface area contributed by atoms with Gasteiger partial charge >= 0.3 is 12.2 Å². The average molecular weight is 496 g/mol. The maximum absolute atomic E-state index is 12.8. The Morgan fingerprint density at radius 3 is 2.29 bits per heavy atom. The molecular weight excluding hydrogens is 463 g/mol. The number of anilines is 2. The van der Waals surface area contributed by atoms with Gasteiger partial charge in [-0.3, -0.25) is 5.32 Å². The minimum absolute atomic E-state index is 0.0659. The van der Waals surface area contributed by atoms with E-state index in [1.165, 1.54) is 6.07 Å². The Kier molecular flexibility index (Phi) is 7.44. The van der Waals surface area contributed by atoms with Gasteiger partial charge in [-0.25, -0.2) is 14.8 Å². The van der Waals surface area contributed by atoms with E-state index in [0.717, 1.165) is 12.3 Å². The zero-order valence-electron chi connectivity index (χ0n) is 20.2. The van der Waals surface area contributed by atoms with Gasteiger partial charge in [-0.2, -0.15) is 13.2 Å². The summed E-state index contributed by atoms with van der Waals surface area (Å²) in [6.07, 6.45) is -1.28. The molecule has 0 bridgehead atoms.